The monoisotopic (exact) mass is 537 g/mol. The fourth-order valence-corrected chi connectivity index (χ4v) is 3.06. The van der Waals surface area contributed by atoms with Gasteiger partial charge in [0.1, 0.15) is 11.3 Å². The maximum Gasteiger partial charge on any atom is 0.341 e. The molecule has 0 aromatic heterocycles. The fraction of sp³-hybridized carbons (Fsp3) is 0.263. The fourth-order valence-electron chi connectivity index (χ4n) is 2.49. The van der Waals surface area contributed by atoms with Gasteiger partial charge >= 0.3 is 5.97 Å². The molecule has 0 saturated heterocycles. The molecule has 152 valence electrons. The van der Waals surface area contributed by atoms with Crippen molar-refractivity contribution in [1.29, 1.82) is 0 Å². The highest BCUT2D eigenvalue weighted by molar-refractivity contribution is 14.0. The van der Waals surface area contributed by atoms with E-state index in [1.54, 1.807) is 30.3 Å². The van der Waals surface area contributed by atoms with Crippen LogP contribution in [0.4, 0.5) is 0 Å². The number of halogens is 3. The Hall–Kier alpha value is -1.71. The van der Waals surface area contributed by atoms with E-state index >= 15 is 0 Å². The SMILES string of the molecule is COC(=O)c1ccc(CN=C(N)NC(C)c2ccc(Cl)cc2Cl)cc1OC.I. The quantitative estimate of drug-likeness (QED) is 0.244. The van der Waals surface area contributed by atoms with Gasteiger partial charge in [-0.15, -0.1) is 24.0 Å². The number of nitrogens with one attached hydrogen (secondary N) is 1. The van der Waals surface area contributed by atoms with E-state index in [-0.39, 0.29) is 36.0 Å². The van der Waals surface area contributed by atoms with E-state index in [1.165, 1.54) is 14.2 Å². The van der Waals surface area contributed by atoms with Crippen LogP contribution in [0.1, 0.15) is 34.5 Å². The first-order valence-corrected chi connectivity index (χ1v) is 8.88. The molecule has 2 rings (SSSR count). The predicted molar refractivity (Wildman–Crippen MR) is 123 cm³/mol. The first-order chi connectivity index (χ1) is 12.8. The summed E-state index contributed by atoms with van der Waals surface area (Å²) in [7, 11) is 2.81. The van der Waals surface area contributed by atoms with Gasteiger partial charge in [-0.1, -0.05) is 35.3 Å². The van der Waals surface area contributed by atoms with Crippen molar-refractivity contribution < 1.29 is 14.3 Å². The van der Waals surface area contributed by atoms with E-state index < -0.39 is 5.97 Å². The highest BCUT2D eigenvalue weighted by Gasteiger charge is 2.13. The summed E-state index contributed by atoms with van der Waals surface area (Å²) in [4.78, 5) is 16.0. The van der Waals surface area contributed by atoms with Crippen molar-refractivity contribution >= 4 is 59.1 Å². The van der Waals surface area contributed by atoms with Crippen LogP contribution in [0.15, 0.2) is 41.4 Å². The van der Waals surface area contributed by atoms with Crippen LogP contribution in [0, 0.1) is 0 Å². The maximum atomic E-state index is 11.7. The summed E-state index contributed by atoms with van der Waals surface area (Å²) in [5.41, 5.74) is 8.02. The number of ether oxygens (including phenoxy) is 2. The minimum Gasteiger partial charge on any atom is -0.496 e. The normalized spacial score (nSPS) is 12.0. The highest BCUT2D eigenvalue weighted by atomic mass is 127. The molecule has 0 bridgehead atoms. The van der Waals surface area contributed by atoms with Crippen molar-refractivity contribution in [2.24, 2.45) is 10.7 Å². The zero-order chi connectivity index (χ0) is 20.0. The lowest BCUT2D eigenvalue weighted by molar-refractivity contribution is 0.0597. The Labute approximate surface area is 191 Å². The summed E-state index contributed by atoms with van der Waals surface area (Å²) < 4.78 is 9.96. The van der Waals surface area contributed by atoms with Crippen molar-refractivity contribution in [3.8, 4) is 5.75 Å². The number of hydrogen-bond acceptors (Lipinski definition) is 4. The molecule has 3 N–H and O–H groups in total. The Morgan fingerprint density at radius 2 is 1.93 bits per heavy atom. The number of carbonyl (C=O) groups is 1. The molecule has 0 spiro atoms. The van der Waals surface area contributed by atoms with Gasteiger partial charge in [0, 0.05) is 10.0 Å². The molecular formula is C19H22Cl2IN3O3. The molecule has 0 aliphatic rings. The molecule has 0 heterocycles. The molecular weight excluding hydrogens is 516 g/mol. The molecule has 2 aromatic rings. The second kappa shape index (κ2) is 11.3. The van der Waals surface area contributed by atoms with Crippen molar-refractivity contribution in [3.63, 3.8) is 0 Å². The Morgan fingerprint density at radius 1 is 1.21 bits per heavy atom. The number of guanidine groups is 1. The van der Waals surface area contributed by atoms with Crippen LogP contribution in [-0.4, -0.2) is 26.1 Å². The number of nitrogens with two attached hydrogens (primary N) is 1. The smallest absolute Gasteiger partial charge is 0.341 e. The lowest BCUT2D eigenvalue weighted by Crippen LogP contribution is -2.34. The number of esters is 1. The molecule has 1 atom stereocenters. The van der Waals surface area contributed by atoms with Gasteiger partial charge in [-0.05, 0) is 42.3 Å². The Kier molecular flexibility index (Phi) is 9.84. The average molecular weight is 538 g/mol. The molecule has 9 heteroatoms. The number of aliphatic imine (C=N–C) groups is 1. The molecule has 0 radical (unpaired) electrons. The molecule has 28 heavy (non-hydrogen) atoms. The lowest BCUT2D eigenvalue weighted by Gasteiger charge is -2.16. The second-order valence-corrected chi connectivity index (χ2v) is 6.60. The maximum absolute atomic E-state index is 11.7. The first-order valence-electron chi connectivity index (χ1n) is 8.12. The summed E-state index contributed by atoms with van der Waals surface area (Å²) in [6, 6.07) is 10.3. The molecule has 0 amide bonds. The molecule has 2 aromatic carbocycles. The van der Waals surface area contributed by atoms with Crippen LogP contribution in [-0.2, 0) is 11.3 Å². The summed E-state index contributed by atoms with van der Waals surface area (Å²) in [5.74, 6) is 0.226. The number of rotatable bonds is 6. The molecule has 6 nitrogen and oxygen atoms in total. The van der Waals surface area contributed by atoms with Gasteiger partial charge in [-0.25, -0.2) is 9.79 Å². The minimum atomic E-state index is -0.461. The Bertz CT molecular complexity index is 862. The number of carbonyl (C=O) groups excluding carboxylic acids is 1. The molecule has 1 unspecified atom stereocenters. The van der Waals surface area contributed by atoms with Gasteiger partial charge in [0.2, 0.25) is 0 Å². The Balaban J connectivity index is 0.00000392. The van der Waals surface area contributed by atoms with Gasteiger partial charge in [-0.2, -0.15) is 0 Å². The van der Waals surface area contributed by atoms with Crippen molar-refractivity contribution in [3.05, 3.63) is 63.1 Å². The van der Waals surface area contributed by atoms with E-state index in [1.807, 2.05) is 13.0 Å². The van der Waals surface area contributed by atoms with E-state index in [0.717, 1.165) is 11.1 Å². The zero-order valence-corrected chi connectivity index (χ0v) is 19.5. The third kappa shape index (κ3) is 6.42. The van der Waals surface area contributed by atoms with Gasteiger partial charge in [-0.3, -0.25) is 0 Å². The standard InChI is InChI=1S/C19H21Cl2N3O3.HI/c1-11(14-7-5-13(20)9-16(14)21)24-19(22)23-10-12-4-6-15(18(25)27-3)17(8-12)26-2;/h4-9,11H,10H2,1-3H3,(H3,22,23,24);1H. The Morgan fingerprint density at radius 3 is 2.54 bits per heavy atom. The van der Waals surface area contributed by atoms with E-state index in [2.05, 4.69) is 10.3 Å². The first kappa shape index (κ1) is 24.3. The van der Waals surface area contributed by atoms with Crippen LogP contribution in [0.5, 0.6) is 5.75 Å². The third-order valence-electron chi connectivity index (χ3n) is 3.90. The summed E-state index contributed by atoms with van der Waals surface area (Å²) >= 11 is 12.1. The highest BCUT2D eigenvalue weighted by Crippen LogP contribution is 2.26. The average Bonchev–Trinajstić information content (AvgIpc) is 2.65. The van der Waals surface area contributed by atoms with E-state index in [0.29, 0.717) is 27.9 Å². The van der Waals surface area contributed by atoms with Crippen LogP contribution in [0.2, 0.25) is 10.0 Å². The van der Waals surface area contributed by atoms with E-state index in [9.17, 15) is 4.79 Å². The summed E-state index contributed by atoms with van der Waals surface area (Å²) in [6.07, 6.45) is 0. The molecule has 0 aliphatic carbocycles. The third-order valence-corrected chi connectivity index (χ3v) is 4.46. The molecule has 0 aliphatic heterocycles. The number of benzene rings is 2. The van der Waals surface area contributed by atoms with Crippen LogP contribution in [0.3, 0.4) is 0 Å². The van der Waals surface area contributed by atoms with Gasteiger partial charge < -0.3 is 20.5 Å². The van der Waals surface area contributed by atoms with Gasteiger partial charge in [0.05, 0.1) is 26.8 Å². The minimum absolute atomic E-state index is 0. The molecule has 0 saturated carbocycles. The molecule has 0 fully saturated rings. The van der Waals surface area contributed by atoms with Crippen molar-refractivity contribution in [1.82, 2.24) is 5.32 Å². The lowest BCUT2D eigenvalue weighted by atomic mass is 10.1. The van der Waals surface area contributed by atoms with Crippen LogP contribution in [0.25, 0.3) is 0 Å². The summed E-state index contributed by atoms with van der Waals surface area (Å²) in [5, 5.41) is 4.21. The largest absolute Gasteiger partial charge is 0.496 e. The van der Waals surface area contributed by atoms with Crippen molar-refractivity contribution in [2.45, 2.75) is 19.5 Å². The number of nitrogens with zero attached hydrogens (tertiary/aromatic N) is 1. The number of methoxy groups -OCH3 is 2. The zero-order valence-electron chi connectivity index (χ0n) is 15.7. The van der Waals surface area contributed by atoms with Gasteiger partial charge in [0.25, 0.3) is 0 Å². The topological polar surface area (TPSA) is 85.9 Å². The predicted octanol–water partition coefficient (Wildman–Crippen LogP) is 4.57. The number of hydrogen-bond donors (Lipinski definition) is 2. The van der Waals surface area contributed by atoms with Crippen LogP contribution >= 0.6 is 47.2 Å². The summed E-state index contributed by atoms with van der Waals surface area (Å²) in [6.45, 7) is 2.24. The van der Waals surface area contributed by atoms with Crippen LogP contribution < -0.4 is 15.8 Å². The van der Waals surface area contributed by atoms with Crippen molar-refractivity contribution in [2.75, 3.05) is 14.2 Å². The second-order valence-electron chi connectivity index (χ2n) is 5.76. The van der Waals surface area contributed by atoms with Gasteiger partial charge in [0.15, 0.2) is 5.96 Å². The van der Waals surface area contributed by atoms with E-state index in [4.69, 9.17) is 38.4 Å².